The molecule has 4 heterocycles. The van der Waals surface area contributed by atoms with Gasteiger partial charge in [-0.2, -0.15) is 5.10 Å². The lowest BCUT2D eigenvalue weighted by molar-refractivity contribution is -0.118. The molecule has 3 aliphatic rings. The second kappa shape index (κ2) is 12.9. The SMILES string of the molecule is CC.COc1cnc(C(F)F)cc1-c1cc(N2CCNCC2=O)ncc1C(=O)NC1=NNC(C#CC2CC2)S1. The first-order chi connectivity index (χ1) is 18.9. The van der Waals surface area contributed by atoms with Crippen LogP contribution in [0.4, 0.5) is 14.6 Å². The first-order valence-electron chi connectivity index (χ1n) is 12.6. The molecule has 2 aliphatic heterocycles. The summed E-state index contributed by atoms with van der Waals surface area (Å²) in [6.45, 7) is 5.07. The normalized spacial score (nSPS) is 18.3. The number of hydrazone groups is 1. The van der Waals surface area contributed by atoms with Gasteiger partial charge in [0.25, 0.3) is 12.3 Å². The number of piperazine rings is 1. The lowest BCUT2D eigenvalue weighted by atomic mass is 9.99. The van der Waals surface area contributed by atoms with Crippen molar-refractivity contribution in [2.45, 2.75) is 38.5 Å². The van der Waals surface area contributed by atoms with E-state index in [0.29, 0.717) is 30.0 Å². The lowest BCUT2D eigenvalue weighted by Crippen LogP contribution is -2.48. The first kappa shape index (κ1) is 28.3. The van der Waals surface area contributed by atoms with Crippen molar-refractivity contribution in [1.29, 1.82) is 0 Å². The Labute approximate surface area is 229 Å². The fourth-order valence-electron chi connectivity index (χ4n) is 3.78. The third-order valence-electron chi connectivity index (χ3n) is 5.85. The zero-order valence-electron chi connectivity index (χ0n) is 21.8. The van der Waals surface area contributed by atoms with Crippen LogP contribution < -0.4 is 25.7 Å². The van der Waals surface area contributed by atoms with E-state index in [9.17, 15) is 18.4 Å². The van der Waals surface area contributed by atoms with Gasteiger partial charge in [-0.05, 0) is 36.7 Å². The molecule has 0 spiro atoms. The Kier molecular flexibility index (Phi) is 9.32. The summed E-state index contributed by atoms with van der Waals surface area (Å²) in [4.78, 5) is 35.4. The molecule has 3 N–H and O–H groups in total. The molecule has 1 unspecified atom stereocenters. The molecule has 1 saturated carbocycles. The number of amides is 2. The number of alkyl halides is 2. The van der Waals surface area contributed by atoms with Gasteiger partial charge in [0.1, 0.15) is 17.3 Å². The molecule has 2 aromatic rings. The van der Waals surface area contributed by atoms with Gasteiger partial charge in [0.15, 0.2) is 10.5 Å². The molecule has 5 rings (SSSR count). The fraction of sp³-hybridized carbons (Fsp3) is 0.423. The van der Waals surface area contributed by atoms with E-state index in [1.54, 1.807) is 0 Å². The summed E-state index contributed by atoms with van der Waals surface area (Å²) < 4.78 is 32.4. The highest BCUT2D eigenvalue weighted by molar-refractivity contribution is 8.14. The van der Waals surface area contributed by atoms with Crippen LogP contribution >= 0.6 is 11.8 Å². The topological polar surface area (TPSA) is 121 Å². The molecule has 206 valence electrons. The maximum absolute atomic E-state index is 13.5. The molecule has 0 aromatic carbocycles. The van der Waals surface area contributed by atoms with Crippen LogP contribution in [-0.2, 0) is 4.79 Å². The number of anilines is 1. The summed E-state index contributed by atoms with van der Waals surface area (Å²) in [6, 6.07) is 2.70. The van der Waals surface area contributed by atoms with Crippen molar-refractivity contribution < 1.29 is 23.1 Å². The van der Waals surface area contributed by atoms with E-state index in [2.05, 4.69) is 43.0 Å². The molecule has 1 saturated heterocycles. The summed E-state index contributed by atoms with van der Waals surface area (Å²) in [5, 5.41) is 9.90. The highest BCUT2D eigenvalue weighted by atomic mass is 32.2. The largest absolute Gasteiger partial charge is 0.494 e. The standard InChI is InChI=1S/C24H23F2N7O3S.C2H6/c1-36-18-11-28-17(22(25)26)8-15(18)14-9-19(33-7-6-27-12-21(33)34)29-10-16(14)23(35)30-24-32-31-20(37-24)5-4-13-2-3-13;1-2/h8-11,13,20,22,27,31H,2-3,6-7,12H2,1H3,(H,30,32,35);1-2H3. The van der Waals surface area contributed by atoms with E-state index in [-0.39, 0.29) is 40.3 Å². The molecule has 1 aliphatic carbocycles. The minimum atomic E-state index is -2.83. The number of rotatable bonds is 5. The van der Waals surface area contributed by atoms with Gasteiger partial charge < -0.3 is 10.1 Å². The number of nitrogens with zero attached hydrogens (tertiary/aromatic N) is 4. The van der Waals surface area contributed by atoms with Crippen LogP contribution in [0.3, 0.4) is 0 Å². The summed E-state index contributed by atoms with van der Waals surface area (Å²) in [7, 11) is 1.38. The predicted molar refractivity (Wildman–Crippen MR) is 145 cm³/mol. The van der Waals surface area contributed by atoms with Gasteiger partial charge in [0, 0.05) is 36.3 Å². The first-order valence-corrected chi connectivity index (χ1v) is 13.5. The summed E-state index contributed by atoms with van der Waals surface area (Å²) in [6.07, 6.45) is 1.87. The second-order valence-corrected chi connectivity index (χ2v) is 9.58. The maximum Gasteiger partial charge on any atom is 0.280 e. The quantitative estimate of drug-likeness (QED) is 0.480. The number of aromatic nitrogens is 2. The van der Waals surface area contributed by atoms with Crippen molar-refractivity contribution in [2.75, 3.05) is 31.6 Å². The van der Waals surface area contributed by atoms with E-state index >= 15 is 0 Å². The van der Waals surface area contributed by atoms with Gasteiger partial charge in [-0.15, -0.1) is 0 Å². The Morgan fingerprint density at radius 1 is 1.21 bits per heavy atom. The average Bonchev–Trinajstić information content (AvgIpc) is 3.69. The van der Waals surface area contributed by atoms with Crippen LogP contribution in [0.25, 0.3) is 11.1 Å². The number of pyridine rings is 2. The Morgan fingerprint density at radius 2 is 2.00 bits per heavy atom. The molecular formula is C26H29F2N7O3S. The van der Waals surface area contributed by atoms with Crippen LogP contribution in [0, 0.1) is 17.8 Å². The van der Waals surface area contributed by atoms with E-state index in [0.717, 1.165) is 12.8 Å². The molecule has 2 aromatic heterocycles. The van der Waals surface area contributed by atoms with Gasteiger partial charge >= 0.3 is 0 Å². The molecule has 1 atom stereocenters. The van der Waals surface area contributed by atoms with Crippen LogP contribution in [0.1, 0.15) is 49.2 Å². The molecule has 0 radical (unpaired) electrons. The number of methoxy groups -OCH3 is 1. The predicted octanol–water partition coefficient (Wildman–Crippen LogP) is 3.13. The molecule has 13 heteroatoms. The van der Waals surface area contributed by atoms with Crippen molar-refractivity contribution >= 4 is 34.6 Å². The van der Waals surface area contributed by atoms with Gasteiger partial charge in [-0.25, -0.2) is 13.8 Å². The zero-order chi connectivity index (χ0) is 27.9. The lowest BCUT2D eigenvalue weighted by Gasteiger charge is -2.27. The van der Waals surface area contributed by atoms with Crippen LogP contribution in [0.15, 0.2) is 29.6 Å². The highest BCUT2D eigenvalue weighted by Gasteiger charge is 2.27. The molecule has 39 heavy (non-hydrogen) atoms. The number of thioether (sulfide) groups is 1. The summed E-state index contributed by atoms with van der Waals surface area (Å²) in [5.41, 5.74) is 2.97. The van der Waals surface area contributed by atoms with Crippen molar-refractivity contribution in [3.8, 4) is 28.7 Å². The third kappa shape index (κ3) is 6.82. The number of hydrogen-bond donors (Lipinski definition) is 3. The van der Waals surface area contributed by atoms with Crippen molar-refractivity contribution in [2.24, 2.45) is 11.0 Å². The number of ether oxygens (including phenoxy) is 1. The number of amidine groups is 1. The van der Waals surface area contributed by atoms with Gasteiger partial charge in [0.2, 0.25) is 5.91 Å². The van der Waals surface area contributed by atoms with E-state index in [4.69, 9.17) is 4.74 Å². The number of hydrogen-bond acceptors (Lipinski definition) is 9. The second-order valence-electron chi connectivity index (χ2n) is 8.48. The Morgan fingerprint density at radius 3 is 2.69 bits per heavy atom. The Bertz CT molecular complexity index is 1320. The Hall–Kier alpha value is -3.76. The van der Waals surface area contributed by atoms with Crippen LogP contribution in [-0.4, -0.2) is 59.1 Å². The van der Waals surface area contributed by atoms with E-state index < -0.39 is 18.0 Å². The minimum Gasteiger partial charge on any atom is -0.494 e. The monoisotopic (exact) mass is 557 g/mol. The third-order valence-corrected chi connectivity index (χ3v) is 6.73. The van der Waals surface area contributed by atoms with Crippen LogP contribution in [0.5, 0.6) is 5.75 Å². The molecule has 2 fully saturated rings. The van der Waals surface area contributed by atoms with Crippen molar-refractivity contribution in [1.82, 2.24) is 26.0 Å². The number of carbonyl (C=O) groups excluding carboxylic acids is 2. The molecule has 2 amide bonds. The molecule has 10 nitrogen and oxygen atoms in total. The smallest absolute Gasteiger partial charge is 0.280 e. The average molecular weight is 558 g/mol. The number of halogens is 2. The van der Waals surface area contributed by atoms with Gasteiger partial charge in [-0.3, -0.25) is 30.2 Å². The van der Waals surface area contributed by atoms with E-state index in [1.165, 1.54) is 48.3 Å². The minimum absolute atomic E-state index is 0.0897. The van der Waals surface area contributed by atoms with E-state index in [1.807, 2.05) is 13.8 Å². The fourth-order valence-corrected chi connectivity index (χ4v) is 4.49. The van der Waals surface area contributed by atoms with Gasteiger partial charge in [-0.1, -0.05) is 25.7 Å². The maximum atomic E-state index is 13.5. The van der Waals surface area contributed by atoms with Crippen LogP contribution in [0.2, 0.25) is 0 Å². The zero-order valence-corrected chi connectivity index (χ0v) is 22.6. The Balaban J connectivity index is 0.00000172. The molecule has 0 bridgehead atoms. The summed E-state index contributed by atoms with van der Waals surface area (Å²) in [5.74, 6) is 6.41. The molecular weight excluding hydrogens is 528 g/mol. The van der Waals surface area contributed by atoms with Gasteiger partial charge in [0.05, 0.1) is 25.4 Å². The number of nitrogens with one attached hydrogen (secondary N) is 3. The number of carbonyl (C=O) groups is 2. The van der Waals surface area contributed by atoms with Crippen molar-refractivity contribution in [3.05, 3.63) is 35.8 Å². The van der Waals surface area contributed by atoms with Crippen molar-refractivity contribution in [3.63, 3.8) is 0 Å². The highest BCUT2D eigenvalue weighted by Crippen LogP contribution is 2.36. The summed E-state index contributed by atoms with van der Waals surface area (Å²) >= 11 is 1.26.